The monoisotopic (exact) mass is 237 g/mol. The summed E-state index contributed by atoms with van der Waals surface area (Å²) in [4.78, 5) is 1.58. The first-order valence-corrected chi connectivity index (χ1v) is 5.61. The largest absolute Gasteiger partial charge is 0.516 e. The molecule has 0 amide bonds. The van der Waals surface area contributed by atoms with Crippen LogP contribution >= 0.6 is 0 Å². The van der Waals surface area contributed by atoms with Crippen molar-refractivity contribution in [2.45, 2.75) is 0 Å². The van der Waals surface area contributed by atoms with E-state index in [0.29, 0.717) is 0 Å². The zero-order valence-corrected chi connectivity index (χ0v) is 9.56. The van der Waals surface area contributed by atoms with Gasteiger partial charge in [0.05, 0.1) is 11.9 Å². The normalized spacial score (nSPS) is 11.3. The van der Waals surface area contributed by atoms with Gasteiger partial charge in [-0.05, 0) is 24.3 Å². The lowest BCUT2D eigenvalue weighted by Crippen LogP contribution is -2.00. The predicted octanol–water partition coefficient (Wildman–Crippen LogP) is 2.95. The third-order valence-corrected chi connectivity index (χ3v) is 2.69. The summed E-state index contributed by atoms with van der Waals surface area (Å²) >= 11 is 0. The van der Waals surface area contributed by atoms with Gasteiger partial charge in [0, 0.05) is 5.56 Å². The van der Waals surface area contributed by atoms with Gasteiger partial charge in [-0.3, -0.25) is 0 Å². The van der Waals surface area contributed by atoms with Crippen LogP contribution in [0.2, 0.25) is 0 Å². The molecule has 0 radical (unpaired) electrons. The fourth-order valence-electron chi connectivity index (χ4n) is 1.86. The van der Waals surface area contributed by atoms with E-state index in [4.69, 9.17) is 5.11 Å². The number of aromatic nitrogens is 3. The molecular weight excluding hydrogens is 226 g/mol. The Morgan fingerprint density at radius 1 is 0.889 bits per heavy atom. The molecule has 88 valence electrons. The van der Waals surface area contributed by atoms with Gasteiger partial charge in [-0.1, -0.05) is 30.3 Å². The summed E-state index contributed by atoms with van der Waals surface area (Å²) in [7, 11) is 0. The summed E-state index contributed by atoms with van der Waals surface area (Å²) in [5.41, 5.74) is 3.39. The Hall–Kier alpha value is -2.62. The van der Waals surface area contributed by atoms with Crippen LogP contribution in [0.4, 0.5) is 0 Å². The van der Waals surface area contributed by atoms with E-state index < -0.39 is 0 Å². The second kappa shape index (κ2) is 4.33. The van der Waals surface area contributed by atoms with Crippen LogP contribution in [0.3, 0.4) is 0 Å². The van der Waals surface area contributed by atoms with Crippen molar-refractivity contribution in [1.82, 2.24) is 15.0 Å². The van der Waals surface area contributed by atoms with E-state index in [2.05, 4.69) is 10.2 Å². The quantitative estimate of drug-likeness (QED) is 0.697. The first kappa shape index (κ1) is 10.5. The Kier molecular flexibility index (Phi) is 2.53. The highest BCUT2D eigenvalue weighted by Crippen LogP contribution is 2.16. The minimum atomic E-state index is 0.832. The summed E-state index contributed by atoms with van der Waals surface area (Å²) in [6.07, 6.45) is 2.63. The van der Waals surface area contributed by atoms with E-state index in [1.165, 1.54) is 0 Å². The predicted molar refractivity (Wildman–Crippen MR) is 70.5 cm³/mol. The van der Waals surface area contributed by atoms with Crippen molar-refractivity contribution in [1.29, 1.82) is 0 Å². The highest BCUT2D eigenvalue weighted by atomic mass is 16.2. The average Bonchev–Trinajstić information content (AvgIpc) is 2.83. The smallest absolute Gasteiger partial charge is 0.113 e. The molecule has 0 atom stereocenters. The SMILES string of the molecule is OC=Cc1ccccc1-n1nc2ccccc2n1. The Morgan fingerprint density at radius 2 is 1.50 bits per heavy atom. The molecule has 4 nitrogen and oxygen atoms in total. The van der Waals surface area contributed by atoms with Crippen molar-refractivity contribution >= 4 is 17.1 Å². The third kappa shape index (κ3) is 1.73. The first-order valence-electron chi connectivity index (χ1n) is 5.61. The van der Waals surface area contributed by atoms with E-state index >= 15 is 0 Å². The Bertz CT molecular complexity index is 683. The first-order chi connectivity index (χ1) is 8.88. The highest BCUT2D eigenvalue weighted by molar-refractivity contribution is 5.74. The molecule has 18 heavy (non-hydrogen) atoms. The van der Waals surface area contributed by atoms with Gasteiger partial charge in [0.2, 0.25) is 0 Å². The molecule has 0 aliphatic heterocycles. The molecule has 3 rings (SSSR count). The Balaban J connectivity index is 2.19. The number of benzene rings is 2. The molecule has 0 aliphatic rings. The maximum absolute atomic E-state index is 8.90. The number of rotatable bonds is 2. The van der Waals surface area contributed by atoms with E-state index in [1.807, 2.05) is 48.5 Å². The van der Waals surface area contributed by atoms with Crippen LogP contribution in [0.25, 0.3) is 22.8 Å². The number of aliphatic hydroxyl groups excluding tert-OH is 1. The van der Waals surface area contributed by atoms with Crippen LogP contribution in [0.15, 0.2) is 54.8 Å². The lowest BCUT2D eigenvalue weighted by Gasteiger charge is -2.03. The molecule has 0 fully saturated rings. The van der Waals surface area contributed by atoms with Gasteiger partial charge in [-0.25, -0.2) is 0 Å². The van der Waals surface area contributed by atoms with Crippen LogP contribution in [0, 0.1) is 0 Å². The molecule has 0 bridgehead atoms. The van der Waals surface area contributed by atoms with E-state index in [1.54, 1.807) is 10.9 Å². The van der Waals surface area contributed by atoms with Gasteiger partial charge in [-0.2, -0.15) is 0 Å². The van der Waals surface area contributed by atoms with Crippen molar-refractivity contribution in [3.63, 3.8) is 0 Å². The molecule has 0 spiro atoms. The van der Waals surface area contributed by atoms with E-state index in [0.717, 1.165) is 28.5 Å². The Morgan fingerprint density at radius 3 is 2.17 bits per heavy atom. The number of hydrogen-bond acceptors (Lipinski definition) is 3. The highest BCUT2D eigenvalue weighted by Gasteiger charge is 2.06. The van der Waals surface area contributed by atoms with Crippen molar-refractivity contribution in [2.24, 2.45) is 0 Å². The second-order valence-electron chi connectivity index (χ2n) is 3.85. The zero-order chi connectivity index (χ0) is 12.4. The van der Waals surface area contributed by atoms with Crippen LogP contribution < -0.4 is 0 Å². The molecule has 2 aromatic carbocycles. The standard InChI is InChI=1S/C14H11N3O/c18-10-9-11-5-1-4-8-14(11)17-15-12-6-2-3-7-13(12)16-17/h1-10,18H. The lowest BCUT2D eigenvalue weighted by atomic mass is 10.2. The third-order valence-electron chi connectivity index (χ3n) is 2.69. The maximum atomic E-state index is 8.90. The van der Waals surface area contributed by atoms with Crippen LogP contribution in [0.5, 0.6) is 0 Å². The van der Waals surface area contributed by atoms with E-state index in [9.17, 15) is 0 Å². The van der Waals surface area contributed by atoms with Gasteiger partial charge in [-0.15, -0.1) is 15.0 Å². The summed E-state index contributed by atoms with van der Waals surface area (Å²) in [6, 6.07) is 15.3. The molecule has 0 unspecified atom stereocenters. The summed E-state index contributed by atoms with van der Waals surface area (Å²) in [6.45, 7) is 0. The van der Waals surface area contributed by atoms with Gasteiger partial charge < -0.3 is 5.11 Å². The summed E-state index contributed by atoms with van der Waals surface area (Å²) < 4.78 is 0. The number of para-hydroxylation sites is 1. The number of hydrogen-bond donors (Lipinski definition) is 1. The zero-order valence-electron chi connectivity index (χ0n) is 9.56. The number of aliphatic hydroxyl groups is 1. The summed E-state index contributed by atoms with van der Waals surface area (Å²) in [5, 5.41) is 17.7. The molecule has 1 N–H and O–H groups in total. The minimum absolute atomic E-state index is 0.832. The topological polar surface area (TPSA) is 50.9 Å². The van der Waals surface area contributed by atoms with Gasteiger partial charge in [0.1, 0.15) is 11.0 Å². The average molecular weight is 237 g/mol. The van der Waals surface area contributed by atoms with E-state index in [-0.39, 0.29) is 0 Å². The summed E-state index contributed by atoms with van der Waals surface area (Å²) in [5.74, 6) is 0. The van der Waals surface area contributed by atoms with Crippen LogP contribution in [-0.4, -0.2) is 20.1 Å². The fraction of sp³-hybridized carbons (Fsp3) is 0. The molecular formula is C14H11N3O. The van der Waals surface area contributed by atoms with Crippen LogP contribution in [-0.2, 0) is 0 Å². The lowest BCUT2D eigenvalue weighted by molar-refractivity contribution is 0.478. The molecule has 1 heterocycles. The Labute approximate surface area is 104 Å². The molecule has 0 aliphatic carbocycles. The number of nitrogens with zero attached hydrogens (tertiary/aromatic N) is 3. The second-order valence-corrected chi connectivity index (χ2v) is 3.85. The van der Waals surface area contributed by atoms with Crippen LogP contribution in [0.1, 0.15) is 5.56 Å². The van der Waals surface area contributed by atoms with Gasteiger partial charge in [0.15, 0.2) is 0 Å². The maximum Gasteiger partial charge on any atom is 0.113 e. The van der Waals surface area contributed by atoms with Gasteiger partial charge in [0.25, 0.3) is 0 Å². The van der Waals surface area contributed by atoms with Crippen molar-refractivity contribution in [3.05, 3.63) is 60.4 Å². The minimum Gasteiger partial charge on any atom is -0.516 e. The number of fused-ring (bicyclic) bond motifs is 1. The van der Waals surface area contributed by atoms with Crippen molar-refractivity contribution in [3.8, 4) is 5.69 Å². The molecule has 3 aromatic rings. The molecule has 4 heteroatoms. The molecule has 0 saturated heterocycles. The molecule has 0 saturated carbocycles. The van der Waals surface area contributed by atoms with Crippen molar-refractivity contribution in [2.75, 3.05) is 0 Å². The molecule has 1 aromatic heterocycles. The fourth-order valence-corrected chi connectivity index (χ4v) is 1.86. The van der Waals surface area contributed by atoms with Gasteiger partial charge >= 0.3 is 0 Å². The van der Waals surface area contributed by atoms with Crippen molar-refractivity contribution < 1.29 is 5.11 Å².